The standard InChI is InChI=1S/C26H29ClN2O5S/c1-18-9-12-22(13-10-18)35(31,32)29(16-21-7-5-6-8-23(21)27)17-26(30)28-19(2)20-11-14-24(33-3)25(15-20)34-4/h5-15,19H,16-17H2,1-4H3,(H,28,30). The molecule has 0 radical (unpaired) electrons. The Hall–Kier alpha value is -3.07. The Morgan fingerprint density at radius 2 is 1.66 bits per heavy atom. The number of aryl methyl sites for hydroxylation is 1. The Bertz CT molecular complexity index is 1280. The fraction of sp³-hybridized carbons (Fsp3) is 0.269. The first-order valence-corrected chi connectivity index (χ1v) is 12.8. The van der Waals surface area contributed by atoms with Crippen molar-refractivity contribution >= 4 is 27.5 Å². The number of amides is 1. The van der Waals surface area contributed by atoms with Crippen LogP contribution >= 0.6 is 11.6 Å². The van der Waals surface area contributed by atoms with E-state index in [2.05, 4.69) is 5.32 Å². The van der Waals surface area contributed by atoms with E-state index in [0.29, 0.717) is 22.1 Å². The van der Waals surface area contributed by atoms with Gasteiger partial charge in [0.15, 0.2) is 11.5 Å². The third kappa shape index (κ3) is 6.54. The molecule has 0 heterocycles. The molecule has 0 saturated carbocycles. The van der Waals surface area contributed by atoms with Crippen LogP contribution in [-0.4, -0.2) is 39.4 Å². The summed E-state index contributed by atoms with van der Waals surface area (Å²) in [5, 5.41) is 3.30. The molecule has 0 aliphatic rings. The molecule has 1 atom stereocenters. The van der Waals surface area contributed by atoms with Crippen LogP contribution in [0.2, 0.25) is 5.02 Å². The van der Waals surface area contributed by atoms with Crippen LogP contribution in [-0.2, 0) is 21.4 Å². The molecular weight excluding hydrogens is 488 g/mol. The highest BCUT2D eigenvalue weighted by molar-refractivity contribution is 7.89. The molecule has 1 amide bonds. The van der Waals surface area contributed by atoms with E-state index < -0.39 is 22.0 Å². The van der Waals surface area contributed by atoms with Gasteiger partial charge in [-0.2, -0.15) is 4.31 Å². The monoisotopic (exact) mass is 516 g/mol. The highest BCUT2D eigenvalue weighted by Gasteiger charge is 2.28. The fourth-order valence-electron chi connectivity index (χ4n) is 3.55. The zero-order chi connectivity index (χ0) is 25.6. The summed E-state index contributed by atoms with van der Waals surface area (Å²) in [7, 11) is -0.889. The van der Waals surface area contributed by atoms with Crippen LogP contribution in [0.1, 0.15) is 29.7 Å². The van der Waals surface area contributed by atoms with Crippen molar-refractivity contribution in [3.63, 3.8) is 0 Å². The van der Waals surface area contributed by atoms with Crippen molar-refractivity contribution in [2.75, 3.05) is 20.8 Å². The molecule has 0 aliphatic carbocycles. The number of methoxy groups -OCH3 is 2. The topological polar surface area (TPSA) is 84.9 Å². The first-order chi connectivity index (χ1) is 16.6. The van der Waals surface area contributed by atoms with Gasteiger partial charge in [-0.3, -0.25) is 4.79 Å². The molecule has 0 bridgehead atoms. The molecule has 0 fully saturated rings. The van der Waals surface area contributed by atoms with E-state index in [1.165, 1.54) is 19.2 Å². The molecule has 7 nitrogen and oxygen atoms in total. The van der Waals surface area contributed by atoms with E-state index in [-0.39, 0.29) is 18.0 Å². The van der Waals surface area contributed by atoms with Gasteiger partial charge in [0.25, 0.3) is 0 Å². The number of halogens is 1. The second-order valence-electron chi connectivity index (χ2n) is 8.08. The molecule has 0 saturated heterocycles. The fourth-order valence-corrected chi connectivity index (χ4v) is 5.12. The van der Waals surface area contributed by atoms with Gasteiger partial charge in [-0.1, -0.05) is 53.6 Å². The van der Waals surface area contributed by atoms with Crippen molar-refractivity contribution < 1.29 is 22.7 Å². The number of carbonyl (C=O) groups is 1. The van der Waals surface area contributed by atoms with Crippen molar-refractivity contribution in [2.45, 2.75) is 31.3 Å². The smallest absolute Gasteiger partial charge is 0.243 e. The lowest BCUT2D eigenvalue weighted by Crippen LogP contribution is -2.41. The maximum atomic E-state index is 13.5. The maximum absolute atomic E-state index is 13.5. The Morgan fingerprint density at radius 1 is 1.00 bits per heavy atom. The van der Waals surface area contributed by atoms with Gasteiger partial charge >= 0.3 is 0 Å². The molecular formula is C26H29ClN2O5S. The first-order valence-electron chi connectivity index (χ1n) is 11.0. The molecule has 186 valence electrons. The van der Waals surface area contributed by atoms with Crippen LogP contribution in [0.25, 0.3) is 0 Å². The summed E-state index contributed by atoms with van der Waals surface area (Å²) in [5.41, 5.74) is 2.32. The van der Waals surface area contributed by atoms with Crippen molar-refractivity contribution in [2.24, 2.45) is 0 Å². The summed E-state index contributed by atoms with van der Waals surface area (Å²) in [6.07, 6.45) is 0. The lowest BCUT2D eigenvalue weighted by Gasteiger charge is -2.24. The third-order valence-corrected chi connectivity index (χ3v) is 7.74. The zero-order valence-corrected chi connectivity index (χ0v) is 21.7. The Morgan fingerprint density at radius 3 is 2.29 bits per heavy atom. The SMILES string of the molecule is COc1ccc(C(C)NC(=O)CN(Cc2ccccc2Cl)S(=O)(=O)c2ccc(C)cc2)cc1OC. The van der Waals surface area contributed by atoms with E-state index in [9.17, 15) is 13.2 Å². The highest BCUT2D eigenvalue weighted by Crippen LogP contribution is 2.30. The number of hydrogen-bond acceptors (Lipinski definition) is 5. The second kappa shape index (κ2) is 11.6. The van der Waals surface area contributed by atoms with Crippen LogP contribution in [0.15, 0.2) is 71.6 Å². The number of hydrogen-bond donors (Lipinski definition) is 1. The second-order valence-corrected chi connectivity index (χ2v) is 10.4. The molecule has 3 rings (SSSR count). The minimum Gasteiger partial charge on any atom is -0.493 e. The Balaban J connectivity index is 1.84. The van der Waals surface area contributed by atoms with Crippen LogP contribution in [0.4, 0.5) is 0 Å². The molecule has 1 unspecified atom stereocenters. The highest BCUT2D eigenvalue weighted by atomic mass is 35.5. The van der Waals surface area contributed by atoms with Gasteiger partial charge in [-0.25, -0.2) is 8.42 Å². The van der Waals surface area contributed by atoms with E-state index in [1.807, 2.05) is 19.9 Å². The quantitative estimate of drug-likeness (QED) is 0.421. The summed E-state index contributed by atoms with van der Waals surface area (Å²) in [6, 6.07) is 18.4. The largest absolute Gasteiger partial charge is 0.493 e. The molecule has 0 aromatic heterocycles. The van der Waals surface area contributed by atoms with Crippen LogP contribution in [0, 0.1) is 6.92 Å². The first kappa shape index (κ1) is 26.5. The van der Waals surface area contributed by atoms with Crippen molar-refractivity contribution in [3.05, 3.63) is 88.4 Å². The average molecular weight is 517 g/mol. The number of nitrogens with one attached hydrogen (secondary N) is 1. The van der Waals surface area contributed by atoms with Gasteiger partial charge in [-0.05, 0) is 55.3 Å². The normalized spacial score (nSPS) is 12.3. The molecule has 3 aromatic rings. The van der Waals surface area contributed by atoms with Crippen LogP contribution in [0.3, 0.4) is 0 Å². The Kier molecular flexibility index (Phi) is 8.77. The number of rotatable bonds is 10. The lowest BCUT2D eigenvalue weighted by atomic mass is 10.1. The maximum Gasteiger partial charge on any atom is 0.243 e. The minimum atomic E-state index is -3.97. The number of sulfonamides is 1. The predicted octanol–water partition coefficient (Wildman–Crippen LogP) is 4.73. The molecule has 0 spiro atoms. The van der Waals surface area contributed by atoms with Crippen LogP contribution < -0.4 is 14.8 Å². The van der Waals surface area contributed by atoms with Crippen molar-refractivity contribution in [1.29, 1.82) is 0 Å². The van der Waals surface area contributed by atoms with Crippen molar-refractivity contribution in [1.82, 2.24) is 9.62 Å². The molecule has 35 heavy (non-hydrogen) atoms. The minimum absolute atomic E-state index is 0.0476. The van der Waals surface area contributed by atoms with E-state index in [0.717, 1.165) is 15.4 Å². The van der Waals surface area contributed by atoms with Gasteiger partial charge in [0.2, 0.25) is 15.9 Å². The molecule has 0 aliphatic heterocycles. The number of benzene rings is 3. The van der Waals surface area contributed by atoms with Gasteiger partial charge in [0, 0.05) is 11.6 Å². The molecule has 1 N–H and O–H groups in total. The van der Waals surface area contributed by atoms with Gasteiger partial charge in [0.05, 0.1) is 31.7 Å². The number of nitrogens with zero attached hydrogens (tertiary/aromatic N) is 1. The average Bonchev–Trinajstić information content (AvgIpc) is 2.84. The summed E-state index contributed by atoms with van der Waals surface area (Å²) in [4.78, 5) is 13.1. The summed E-state index contributed by atoms with van der Waals surface area (Å²) >= 11 is 6.30. The third-order valence-electron chi connectivity index (χ3n) is 5.57. The lowest BCUT2D eigenvalue weighted by molar-refractivity contribution is -0.122. The van der Waals surface area contributed by atoms with Gasteiger partial charge in [0.1, 0.15) is 0 Å². The predicted molar refractivity (Wildman–Crippen MR) is 136 cm³/mol. The number of ether oxygens (including phenoxy) is 2. The summed E-state index contributed by atoms with van der Waals surface area (Å²) < 4.78 is 38.7. The summed E-state index contributed by atoms with van der Waals surface area (Å²) in [6.45, 7) is 3.26. The van der Waals surface area contributed by atoms with Gasteiger partial charge in [-0.15, -0.1) is 0 Å². The number of carbonyl (C=O) groups excluding carboxylic acids is 1. The zero-order valence-electron chi connectivity index (χ0n) is 20.1. The van der Waals surface area contributed by atoms with E-state index in [4.69, 9.17) is 21.1 Å². The van der Waals surface area contributed by atoms with E-state index >= 15 is 0 Å². The van der Waals surface area contributed by atoms with E-state index in [1.54, 1.807) is 55.6 Å². The Labute approximate surface area is 211 Å². The molecule has 9 heteroatoms. The summed E-state index contributed by atoms with van der Waals surface area (Å²) in [5.74, 6) is 0.660. The van der Waals surface area contributed by atoms with Gasteiger partial charge < -0.3 is 14.8 Å². The molecule has 3 aromatic carbocycles. The van der Waals surface area contributed by atoms with Crippen LogP contribution in [0.5, 0.6) is 11.5 Å². The van der Waals surface area contributed by atoms with Crippen molar-refractivity contribution in [3.8, 4) is 11.5 Å².